The SMILES string of the molecule is C[C@H](NC(=O)Cc1ccc2c(c1)OCCO2)c1cccc(Br)c1. The number of ether oxygens (including phenoxy) is 2. The van der Waals surface area contributed by atoms with E-state index in [4.69, 9.17) is 9.47 Å². The van der Waals surface area contributed by atoms with Crippen LogP contribution in [0, 0.1) is 0 Å². The van der Waals surface area contributed by atoms with Crippen molar-refractivity contribution in [1.29, 1.82) is 0 Å². The van der Waals surface area contributed by atoms with Gasteiger partial charge in [-0.1, -0.05) is 34.1 Å². The molecular weight excluding hydrogens is 358 g/mol. The fourth-order valence-electron chi connectivity index (χ4n) is 2.53. The molecule has 0 fully saturated rings. The van der Waals surface area contributed by atoms with Crippen LogP contribution in [0.25, 0.3) is 0 Å². The fraction of sp³-hybridized carbons (Fsp3) is 0.278. The Morgan fingerprint density at radius 2 is 1.96 bits per heavy atom. The summed E-state index contributed by atoms with van der Waals surface area (Å²) in [6.45, 7) is 3.09. The van der Waals surface area contributed by atoms with Crippen LogP contribution in [0.15, 0.2) is 46.9 Å². The highest BCUT2D eigenvalue weighted by Gasteiger charge is 2.14. The second kappa shape index (κ2) is 7.04. The first-order valence-corrected chi connectivity index (χ1v) is 8.34. The van der Waals surface area contributed by atoms with Crippen LogP contribution >= 0.6 is 15.9 Å². The van der Waals surface area contributed by atoms with Crippen LogP contribution in [0.3, 0.4) is 0 Å². The van der Waals surface area contributed by atoms with Gasteiger partial charge < -0.3 is 14.8 Å². The Balaban J connectivity index is 1.63. The van der Waals surface area contributed by atoms with Gasteiger partial charge in [-0.25, -0.2) is 0 Å². The second-order valence-corrected chi connectivity index (χ2v) is 6.41. The van der Waals surface area contributed by atoms with Gasteiger partial charge in [0, 0.05) is 4.47 Å². The average Bonchev–Trinajstić information content (AvgIpc) is 2.54. The van der Waals surface area contributed by atoms with Crippen LogP contribution in [0.5, 0.6) is 11.5 Å². The summed E-state index contributed by atoms with van der Waals surface area (Å²) in [5, 5.41) is 3.02. The number of carbonyl (C=O) groups is 1. The molecular formula is C18H18BrNO3. The number of hydrogen-bond donors (Lipinski definition) is 1. The second-order valence-electron chi connectivity index (χ2n) is 5.50. The van der Waals surface area contributed by atoms with Crippen LogP contribution in [-0.2, 0) is 11.2 Å². The van der Waals surface area contributed by atoms with E-state index in [1.165, 1.54) is 0 Å². The third kappa shape index (κ3) is 4.05. The Hall–Kier alpha value is -2.01. The minimum atomic E-state index is -0.0442. The average molecular weight is 376 g/mol. The number of nitrogens with one attached hydrogen (secondary N) is 1. The van der Waals surface area contributed by atoms with E-state index in [0.717, 1.165) is 21.3 Å². The monoisotopic (exact) mass is 375 g/mol. The molecule has 2 aromatic rings. The molecule has 0 bridgehead atoms. The lowest BCUT2D eigenvalue weighted by Crippen LogP contribution is -2.28. The van der Waals surface area contributed by atoms with Crippen LogP contribution in [-0.4, -0.2) is 19.1 Å². The Morgan fingerprint density at radius 3 is 2.74 bits per heavy atom. The number of halogens is 1. The van der Waals surface area contributed by atoms with E-state index < -0.39 is 0 Å². The Labute approximate surface area is 143 Å². The number of amides is 1. The molecule has 4 nitrogen and oxygen atoms in total. The van der Waals surface area contributed by atoms with Gasteiger partial charge in [0.15, 0.2) is 11.5 Å². The summed E-state index contributed by atoms with van der Waals surface area (Å²) in [7, 11) is 0. The van der Waals surface area contributed by atoms with Crippen LogP contribution in [0.1, 0.15) is 24.1 Å². The van der Waals surface area contributed by atoms with Gasteiger partial charge in [0.1, 0.15) is 13.2 Å². The Kier molecular flexibility index (Phi) is 4.86. The number of fused-ring (bicyclic) bond motifs is 1. The van der Waals surface area contributed by atoms with Crippen molar-refractivity contribution in [1.82, 2.24) is 5.32 Å². The maximum absolute atomic E-state index is 12.3. The molecule has 0 unspecified atom stereocenters. The van der Waals surface area contributed by atoms with Gasteiger partial charge in [-0.05, 0) is 42.3 Å². The van der Waals surface area contributed by atoms with Crippen molar-refractivity contribution < 1.29 is 14.3 Å². The van der Waals surface area contributed by atoms with Crippen LogP contribution in [0.2, 0.25) is 0 Å². The molecule has 5 heteroatoms. The molecule has 2 aromatic carbocycles. The van der Waals surface area contributed by atoms with E-state index in [1.54, 1.807) is 0 Å². The van der Waals surface area contributed by atoms with Gasteiger partial charge in [-0.15, -0.1) is 0 Å². The first-order valence-electron chi connectivity index (χ1n) is 7.55. The van der Waals surface area contributed by atoms with Crippen molar-refractivity contribution in [2.45, 2.75) is 19.4 Å². The van der Waals surface area contributed by atoms with Crippen molar-refractivity contribution in [2.24, 2.45) is 0 Å². The first kappa shape index (κ1) is 15.9. The van der Waals surface area contributed by atoms with E-state index in [9.17, 15) is 4.79 Å². The van der Waals surface area contributed by atoms with Gasteiger partial charge in [-0.2, -0.15) is 0 Å². The molecule has 0 spiro atoms. The molecule has 23 heavy (non-hydrogen) atoms. The predicted molar refractivity (Wildman–Crippen MR) is 91.8 cm³/mol. The quantitative estimate of drug-likeness (QED) is 0.887. The molecule has 120 valence electrons. The van der Waals surface area contributed by atoms with Gasteiger partial charge >= 0.3 is 0 Å². The van der Waals surface area contributed by atoms with Gasteiger partial charge in [0.05, 0.1) is 12.5 Å². The molecule has 1 atom stereocenters. The minimum Gasteiger partial charge on any atom is -0.486 e. The highest BCUT2D eigenvalue weighted by Crippen LogP contribution is 2.30. The molecule has 1 aliphatic heterocycles. The van der Waals surface area contributed by atoms with Crippen LogP contribution in [0.4, 0.5) is 0 Å². The normalized spacial score (nSPS) is 14.2. The lowest BCUT2D eigenvalue weighted by atomic mass is 10.1. The smallest absolute Gasteiger partial charge is 0.224 e. The number of hydrogen-bond acceptors (Lipinski definition) is 3. The zero-order valence-corrected chi connectivity index (χ0v) is 14.4. The molecule has 1 N–H and O–H groups in total. The Bertz CT molecular complexity index is 717. The molecule has 0 saturated carbocycles. The minimum absolute atomic E-state index is 0.0193. The number of carbonyl (C=O) groups excluding carboxylic acids is 1. The molecule has 0 saturated heterocycles. The third-order valence-corrected chi connectivity index (χ3v) is 4.19. The van der Waals surface area contributed by atoms with Crippen molar-refractivity contribution >= 4 is 21.8 Å². The zero-order valence-electron chi connectivity index (χ0n) is 12.8. The fourth-order valence-corrected chi connectivity index (χ4v) is 2.95. The van der Waals surface area contributed by atoms with E-state index in [2.05, 4.69) is 21.2 Å². The molecule has 1 heterocycles. The molecule has 0 aliphatic carbocycles. The Morgan fingerprint density at radius 1 is 1.17 bits per heavy atom. The zero-order chi connectivity index (χ0) is 16.2. The molecule has 1 amide bonds. The van der Waals surface area contributed by atoms with Crippen molar-refractivity contribution in [3.63, 3.8) is 0 Å². The highest BCUT2D eigenvalue weighted by molar-refractivity contribution is 9.10. The summed E-state index contributed by atoms with van der Waals surface area (Å²) in [6.07, 6.45) is 0.314. The summed E-state index contributed by atoms with van der Waals surface area (Å²) in [5.74, 6) is 1.43. The summed E-state index contributed by atoms with van der Waals surface area (Å²) in [5.41, 5.74) is 1.98. The highest BCUT2D eigenvalue weighted by atomic mass is 79.9. The van der Waals surface area contributed by atoms with Gasteiger partial charge in [-0.3, -0.25) is 4.79 Å². The first-order chi connectivity index (χ1) is 11.1. The standard InChI is InChI=1S/C18H18BrNO3/c1-12(14-3-2-4-15(19)11-14)20-18(21)10-13-5-6-16-17(9-13)23-8-7-22-16/h2-6,9,11-12H,7-8,10H2,1H3,(H,20,21)/t12-/m0/s1. The summed E-state index contributed by atoms with van der Waals surface area (Å²) >= 11 is 3.45. The van der Waals surface area contributed by atoms with Crippen molar-refractivity contribution in [2.75, 3.05) is 13.2 Å². The van der Waals surface area contributed by atoms with Crippen molar-refractivity contribution in [3.8, 4) is 11.5 Å². The predicted octanol–water partition coefficient (Wildman–Crippen LogP) is 3.64. The molecule has 0 radical (unpaired) electrons. The maximum atomic E-state index is 12.3. The van der Waals surface area contributed by atoms with E-state index in [0.29, 0.717) is 25.4 Å². The molecule has 1 aliphatic rings. The topological polar surface area (TPSA) is 47.6 Å². The van der Waals surface area contributed by atoms with Crippen molar-refractivity contribution in [3.05, 3.63) is 58.1 Å². The maximum Gasteiger partial charge on any atom is 0.224 e. The van der Waals surface area contributed by atoms with Gasteiger partial charge in [0.25, 0.3) is 0 Å². The largest absolute Gasteiger partial charge is 0.486 e. The van der Waals surface area contributed by atoms with E-state index in [-0.39, 0.29) is 11.9 Å². The van der Waals surface area contributed by atoms with E-state index >= 15 is 0 Å². The lowest BCUT2D eigenvalue weighted by Gasteiger charge is -2.19. The summed E-state index contributed by atoms with van der Waals surface area (Å²) in [6, 6.07) is 13.5. The van der Waals surface area contributed by atoms with E-state index in [1.807, 2.05) is 49.4 Å². The van der Waals surface area contributed by atoms with Gasteiger partial charge in [0.2, 0.25) is 5.91 Å². The number of rotatable bonds is 4. The molecule has 3 rings (SSSR count). The molecule has 0 aromatic heterocycles. The third-order valence-electron chi connectivity index (χ3n) is 3.70. The number of benzene rings is 2. The summed E-state index contributed by atoms with van der Waals surface area (Å²) < 4.78 is 12.0. The van der Waals surface area contributed by atoms with Crippen LogP contribution < -0.4 is 14.8 Å². The summed E-state index contributed by atoms with van der Waals surface area (Å²) in [4.78, 5) is 12.3. The lowest BCUT2D eigenvalue weighted by molar-refractivity contribution is -0.121.